The van der Waals surface area contributed by atoms with Crippen molar-refractivity contribution in [3.05, 3.63) is 29.3 Å². The number of nitrogen functional groups attached to an aromatic ring is 1. The average Bonchev–Trinajstić information content (AvgIpc) is 2.71. The zero-order valence-electron chi connectivity index (χ0n) is 11.2. The van der Waals surface area contributed by atoms with Gasteiger partial charge < -0.3 is 10.5 Å². The molecule has 0 radical (unpaired) electrons. The van der Waals surface area contributed by atoms with E-state index in [2.05, 4.69) is 22.3 Å². The van der Waals surface area contributed by atoms with Crippen LogP contribution in [0.25, 0.3) is 11.3 Å². The second kappa shape index (κ2) is 4.96. The van der Waals surface area contributed by atoms with Crippen molar-refractivity contribution in [2.24, 2.45) is 0 Å². The highest BCUT2D eigenvalue weighted by Crippen LogP contribution is 2.37. The summed E-state index contributed by atoms with van der Waals surface area (Å²) >= 11 is 0. The number of rotatable bonds is 2. The highest BCUT2D eigenvalue weighted by atomic mass is 16.5. The molecule has 1 aromatic carbocycles. The smallest absolute Gasteiger partial charge is 0.145 e. The normalized spacial score (nSPS) is 14.8. The van der Waals surface area contributed by atoms with Crippen LogP contribution >= 0.6 is 0 Å². The third-order valence-corrected chi connectivity index (χ3v) is 3.83. The van der Waals surface area contributed by atoms with Crippen LogP contribution in [0.1, 0.15) is 30.4 Å². The van der Waals surface area contributed by atoms with Gasteiger partial charge in [0.1, 0.15) is 11.6 Å². The monoisotopic (exact) mass is 257 g/mol. The zero-order valence-corrected chi connectivity index (χ0v) is 11.2. The van der Waals surface area contributed by atoms with E-state index >= 15 is 0 Å². The van der Waals surface area contributed by atoms with Crippen molar-refractivity contribution in [1.29, 1.82) is 0 Å². The largest absolute Gasteiger partial charge is 0.496 e. The Bertz CT molecular complexity index is 589. The predicted molar refractivity (Wildman–Crippen MR) is 76.2 cm³/mol. The Hall–Kier alpha value is -1.97. The Morgan fingerprint density at radius 3 is 2.79 bits per heavy atom. The molecule has 0 saturated carbocycles. The van der Waals surface area contributed by atoms with Crippen LogP contribution in [-0.2, 0) is 12.8 Å². The van der Waals surface area contributed by atoms with Crippen LogP contribution in [-0.4, -0.2) is 17.3 Å². The third kappa shape index (κ3) is 2.18. The van der Waals surface area contributed by atoms with Crippen LogP contribution in [0.3, 0.4) is 0 Å². The molecule has 0 saturated heterocycles. The molecule has 4 nitrogen and oxygen atoms in total. The highest BCUT2D eigenvalue weighted by molar-refractivity contribution is 5.74. The third-order valence-electron chi connectivity index (χ3n) is 3.83. The number of nitrogens with one attached hydrogen (secondary N) is 1. The molecular weight excluding hydrogens is 238 g/mol. The van der Waals surface area contributed by atoms with Crippen molar-refractivity contribution < 1.29 is 4.74 Å². The SMILES string of the molecule is COc1ccc2c(c1-c1cc(N)n[nH]1)CCCCC2. The fourth-order valence-electron chi connectivity index (χ4n) is 2.91. The van der Waals surface area contributed by atoms with Gasteiger partial charge in [0.25, 0.3) is 0 Å². The molecule has 0 fully saturated rings. The number of H-pyrrole nitrogens is 1. The Morgan fingerprint density at radius 2 is 2.05 bits per heavy atom. The first-order valence-electron chi connectivity index (χ1n) is 6.79. The second-order valence-electron chi connectivity index (χ2n) is 5.05. The van der Waals surface area contributed by atoms with Gasteiger partial charge in [-0.05, 0) is 42.9 Å². The standard InChI is InChI=1S/C15H19N3O/c1-19-13-8-7-10-5-3-2-4-6-11(10)15(13)12-9-14(16)18-17-12/h7-9H,2-6H2,1H3,(H3,16,17,18). The molecule has 2 aromatic rings. The summed E-state index contributed by atoms with van der Waals surface area (Å²) in [6, 6.07) is 6.13. The minimum absolute atomic E-state index is 0.517. The van der Waals surface area contributed by atoms with E-state index in [4.69, 9.17) is 10.5 Å². The van der Waals surface area contributed by atoms with Gasteiger partial charge in [0, 0.05) is 11.6 Å². The van der Waals surface area contributed by atoms with Crippen LogP contribution in [0.5, 0.6) is 5.75 Å². The number of nitrogens with two attached hydrogens (primary N) is 1. The van der Waals surface area contributed by atoms with Gasteiger partial charge in [0.2, 0.25) is 0 Å². The van der Waals surface area contributed by atoms with Gasteiger partial charge in [-0.1, -0.05) is 12.5 Å². The van der Waals surface area contributed by atoms with Gasteiger partial charge in [-0.3, -0.25) is 5.10 Å². The minimum atomic E-state index is 0.517. The highest BCUT2D eigenvalue weighted by Gasteiger charge is 2.18. The summed E-state index contributed by atoms with van der Waals surface area (Å²) in [6.45, 7) is 0. The molecule has 3 N–H and O–H groups in total. The summed E-state index contributed by atoms with van der Waals surface area (Å²) < 4.78 is 5.53. The van der Waals surface area contributed by atoms with Crippen molar-refractivity contribution in [2.45, 2.75) is 32.1 Å². The first kappa shape index (κ1) is 12.1. The Balaban J connectivity index is 2.19. The molecule has 0 atom stereocenters. The quantitative estimate of drug-likeness (QED) is 0.813. The van der Waals surface area contributed by atoms with E-state index in [0.717, 1.165) is 29.8 Å². The molecule has 0 amide bonds. The van der Waals surface area contributed by atoms with Crippen LogP contribution in [0.2, 0.25) is 0 Å². The van der Waals surface area contributed by atoms with Gasteiger partial charge in [0.15, 0.2) is 0 Å². The summed E-state index contributed by atoms with van der Waals surface area (Å²) in [7, 11) is 1.71. The van der Waals surface area contributed by atoms with Crippen LogP contribution in [0.4, 0.5) is 5.82 Å². The molecule has 19 heavy (non-hydrogen) atoms. The summed E-state index contributed by atoms with van der Waals surface area (Å²) in [6.07, 6.45) is 6.04. The fourth-order valence-corrected chi connectivity index (χ4v) is 2.91. The minimum Gasteiger partial charge on any atom is -0.496 e. The topological polar surface area (TPSA) is 63.9 Å². The van der Waals surface area contributed by atoms with Crippen molar-refractivity contribution in [3.63, 3.8) is 0 Å². The molecule has 1 aliphatic rings. The first-order chi connectivity index (χ1) is 9.29. The number of anilines is 1. The van der Waals surface area contributed by atoms with Gasteiger partial charge >= 0.3 is 0 Å². The lowest BCUT2D eigenvalue weighted by molar-refractivity contribution is 0.415. The Morgan fingerprint density at radius 1 is 1.21 bits per heavy atom. The van der Waals surface area contributed by atoms with Gasteiger partial charge in [0.05, 0.1) is 12.8 Å². The maximum Gasteiger partial charge on any atom is 0.145 e. The zero-order chi connectivity index (χ0) is 13.2. The molecule has 0 aliphatic heterocycles. The number of aromatic amines is 1. The number of hydrogen-bond acceptors (Lipinski definition) is 3. The van der Waals surface area contributed by atoms with E-state index in [9.17, 15) is 0 Å². The van der Waals surface area contributed by atoms with E-state index < -0.39 is 0 Å². The molecular formula is C15H19N3O. The number of fused-ring (bicyclic) bond motifs is 1. The number of benzene rings is 1. The van der Waals surface area contributed by atoms with Crippen LogP contribution in [0.15, 0.2) is 18.2 Å². The number of aryl methyl sites for hydroxylation is 1. The summed E-state index contributed by atoms with van der Waals surface area (Å²) in [5.41, 5.74) is 10.6. The lowest BCUT2D eigenvalue weighted by atomic mass is 9.94. The lowest BCUT2D eigenvalue weighted by Gasteiger charge is -2.15. The Kier molecular flexibility index (Phi) is 3.15. The van der Waals surface area contributed by atoms with E-state index in [0.29, 0.717) is 5.82 Å². The summed E-state index contributed by atoms with van der Waals surface area (Å²) in [4.78, 5) is 0. The molecule has 4 heteroatoms. The van der Waals surface area contributed by atoms with Crippen molar-refractivity contribution in [1.82, 2.24) is 10.2 Å². The van der Waals surface area contributed by atoms with E-state index in [1.54, 1.807) is 7.11 Å². The summed E-state index contributed by atoms with van der Waals surface area (Å²) in [5.74, 6) is 1.41. The van der Waals surface area contributed by atoms with E-state index in [-0.39, 0.29) is 0 Å². The van der Waals surface area contributed by atoms with Crippen molar-refractivity contribution in [3.8, 4) is 17.0 Å². The maximum absolute atomic E-state index is 5.73. The molecule has 0 bridgehead atoms. The Labute approximate surface area is 113 Å². The van der Waals surface area contributed by atoms with Gasteiger partial charge in [-0.25, -0.2) is 0 Å². The molecule has 100 valence electrons. The first-order valence-corrected chi connectivity index (χ1v) is 6.79. The number of ether oxygens (including phenoxy) is 1. The van der Waals surface area contributed by atoms with E-state index in [1.165, 1.54) is 30.4 Å². The fraction of sp³-hybridized carbons (Fsp3) is 0.400. The molecule has 1 aliphatic carbocycles. The lowest BCUT2D eigenvalue weighted by Crippen LogP contribution is -1.99. The van der Waals surface area contributed by atoms with Gasteiger partial charge in [-0.15, -0.1) is 0 Å². The van der Waals surface area contributed by atoms with Crippen molar-refractivity contribution in [2.75, 3.05) is 12.8 Å². The number of nitrogens with zero attached hydrogens (tertiary/aromatic N) is 1. The maximum atomic E-state index is 5.73. The average molecular weight is 257 g/mol. The van der Waals surface area contributed by atoms with Crippen LogP contribution < -0.4 is 10.5 Å². The number of methoxy groups -OCH3 is 1. The molecule has 0 unspecified atom stereocenters. The van der Waals surface area contributed by atoms with Crippen LogP contribution in [0, 0.1) is 0 Å². The van der Waals surface area contributed by atoms with Gasteiger partial charge in [-0.2, -0.15) is 5.10 Å². The summed E-state index contributed by atoms with van der Waals surface area (Å²) in [5, 5.41) is 7.05. The molecule has 0 spiro atoms. The second-order valence-corrected chi connectivity index (χ2v) is 5.05. The number of hydrogen-bond donors (Lipinski definition) is 2. The molecule has 3 rings (SSSR count). The number of aromatic nitrogens is 2. The molecule has 1 aromatic heterocycles. The van der Waals surface area contributed by atoms with Crippen molar-refractivity contribution >= 4 is 5.82 Å². The van der Waals surface area contributed by atoms with E-state index in [1.807, 2.05) is 6.07 Å². The molecule has 1 heterocycles. The predicted octanol–water partition coefficient (Wildman–Crippen LogP) is 2.94.